The van der Waals surface area contributed by atoms with E-state index in [4.69, 9.17) is 34.6 Å². The average Bonchev–Trinajstić information content (AvgIpc) is 3.93. The predicted molar refractivity (Wildman–Crippen MR) is 294 cm³/mol. The number of fused-ring (bicyclic) bond motifs is 20. The van der Waals surface area contributed by atoms with Crippen molar-refractivity contribution in [3.05, 3.63) is 120 Å². The van der Waals surface area contributed by atoms with Gasteiger partial charge in [0.1, 0.15) is 53.7 Å². The number of hydrogen-bond donors (Lipinski definition) is 2. The van der Waals surface area contributed by atoms with Crippen LogP contribution in [0.1, 0.15) is 16.7 Å². The summed E-state index contributed by atoms with van der Waals surface area (Å²) in [7, 11) is 20.1. The Morgan fingerprint density at radius 2 is 0.773 bits per heavy atom. The summed E-state index contributed by atoms with van der Waals surface area (Å²) in [4.78, 5) is 38.1. The monoisotopic (exact) mass is 1270 g/mol. The third-order valence-corrected chi connectivity index (χ3v) is 11.0. The van der Waals surface area contributed by atoms with Crippen LogP contribution in [0.2, 0.25) is 0 Å². The minimum absolute atomic E-state index is 0. The molecule has 2 N–H and O–H groups in total. The van der Waals surface area contributed by atoms with Crippen LogP contribution < -0.4 is 4.74 Å². The average molecular weight is 1270 g/mol. The van der Waals surface area contributed by atoms with Gasteiger partial charge in [-0.2, -0.15) is 0 Å². The first-order chi connectivity index (χ1) is 29.5. The van der Waals surface area contributed by atoms with Gasteiger partial charge >= 0.3 is 19.5 Å². The summed E-state index contributed by atoms with van der Waals surface area (Å²) in [5.41, 5.74) is 9.76. The van der Waals surface area contributed by atoms with E-state index in [1.165, 1.54) is 16.7 Å². The second-order valence-corrected chi connectivity index (χ2v) is 19.6. The summed E-state index contributed by atoms with van der Waals surface area (Å²) in [5.74, 6) is 3.71. The number of rotatable bonds is 8. The van der Waals surface area contributed by atoms with Crippen LogP contribution in [0.15, 0.2) is 103 Å². The molecular formula is C50H55I3N11OZn+5. The molecule has 0 saturated carbocycles. The Morgan fingerprint density at radius 3 is 1.20 bits per heavy atom. The summed E-state index contributed by atoms with van der Waals surface area (Å²) in [6, 6.07) is 35.2. The van der Waals surface area contributed by atoms with Crippen LogP contribution in [-0.4, -0.2) is 117 Å². The zero-order valence-electron chi connectivity index (χ0n) is 38.8. The number of ether oxygens (including phenoxy) is 1. The quantitative estimate of drug-likeness (QED) is 0.0884. The molecule has 0 atom stereocenters. The molecular weight excluding hydrogens is 1220 g/mol. The van der Waals surface area contributed by atoms with Crippen molar-refractivity contribution in [2.75, 3.05) is 63.4 Å². The van der Waals surface area contributed by atoms with E-state index in [1.54, 1.807) is 0 Å². The Bertz CT molecular complexity index is 3260. The number of aromatic nitrogens is 8. The molecule has 334 valence electrons. The molecule has 0 saturated heterocycles. The van der Waals surface area contributed by atoms with Crippen LogP contribution in [0, 0.1) is 0 Å². The van der Waals surface area contributed by atoms with Crippen LogP contribution in [0.25, 0.3) is 89.7 Å². The molecule has 0 aliphatic carbocycles. The molecule has 3 aromatic heterocycles. The van der Waals surface area contributed by atoms with Gasteiger partial charge in [0.05, 0.1) is 63.4 Å². The largest absolute Gasteiger partial charge is 2.00 e. The number of halogens is 3. The Balaban J connectivity index is 0.00000180. The maximum Gasteiger partial charge on any atom is 2.00 e. The van der Waals surface area contributed by atoms with Crippen molar-refractivity contribution in [2.45, 2.75) is 19.6 Å². The van der Waals surface area contributed by atoms with E-state index in [-0.39, 0.29) is 91.4 Å². The first kappa shape index (κ1) is 51.3. The van der Waals surface area contributed by atoms with E-state index in [0.717, 1.165) is 82.6 Å². The van der Waals surface area contributed by atoms with E-state index in [0.29, 0.717) is 51.6 Å². The standard InChI is InChI=1S/C50H52N11O.3HI.Zn/c1-59(2,3)27-30-24-31(28-60(4,5)6)42(32(25-30)29-61(7,8)9)62-33-22-23-40-41(26-33)50-57-48-39-21-15-14-20-38(39)46(55-48)53-44-35-17-11-10-16-34(35)43(51-44)52-45-36-18-12-13-19-37(36)47(54-45)56-49(40)58-50;;;;/h10-26H,27-29H2,1-9H3,(H2,51,52,53,54,55,56,57,58);3*1H;/q+3;;;;+2. The van der Waals surface area contributed by atoms with E-state index < -0.39 is 0 Å². The van der Waals surface area contributed by atoms with E-state index in [1.807, 2.05) is 60.7 Å². The van der Waals surface area contributed by atoms with E-state index in [2.05, 4.69) is 116 Å². The van der Waals surface area contributed by atoms with Gasteiger partial charge in [0.2, 0.25) is 0 Å². The molecule has 16 heteroatoms. The van der Waals surface area contributed by atoms with E-state index >= 15 is 0 Å². The minimum atomic E-state index is 0. The number of nitrogens with one attached hydrogen (secondary N) is 2. The van der Waals surface area contributed by atoms with Crippen molar-refractivity contribution in [1.82, 2.24) is 39.9 Å². The predicted octanol–water partition coefficient (Wildman–Crippen LogP) is 11.1. The number of nitrogens with zero attached hydrogens (tertiary/aromatic N) is 9. The third kappa shape index (κ3) is 10.5. The summed E-state index contributed by atoms with van der Waals surface area (Å²) in [6.07, 6.45) is 0. The van der Waals surface area contributed by atoms with Gasteiger partial charge in [-0.15, -0.1) is 71.9 Å². The number of aromatic amines is 2. The maximum atomic E-state index is 7.12. The molecule has 2 aliphatic heterocycles. The fourth-order valence-corrected chi connectivity index (χ4v) is 8.66. The SMILES string of the molecule is C[N+](C)(C)Cc1cc(C[N+](C)(C)C)c(Oc2ccc3c(c2)-c2nc4nc(nc5[nH]c(nc6[nH]c(nc-3n2)c2ccccc62)c2ccccc52)-c2ccccc2-4)c(C[N+](C)(C)C)c1.I.I.I.[Zn+2]. The number of benzene rings is 5. The van der Waals surface area contributed by atoms with Crippen molar-refractivity contribution in [3.8, 4) is 57.1 Å². The first-order valence-electron chi connectivity index (χ1n) is 21.0. The fraction of sp³-hybridized carbons (Fsp3) is 0.240. The molecule has 0 unspecified atom stereocenters. The van der Waals surface area contributed by atoms with Crippen LogP contribution in [-0.2, 0) is 39.1 Å². The molecule has 8 aromatic rings. The van der Waals surface area contributed by atoms with Gasteiger partial charge < -0.3 is 28.2 Å². The molecule has 0 spiro atoms. The summed E-state index contributed by atoms with van der Waals surface area (Å²) >= 11 is 0. The Morgan fingerprint density at radius 1 is 0.409 bits per heavy atom. The molecule has 10 rings (SSSR count). The van der Waals surface area contributed by atoms with Crippen molar-refractivity contribution < 1.29 is 37.7 Å². The van der Waals surface area contributed by atoms with Crippen LogP contribution in [0.5, 0.6) is 11.5 Å². The van der Waals surface area contributed by atoms with Crippen molar-refractivity contribution in [2.24, 2.45) is 0 Å². The van der Waals surface area contributed by atoms with Gasteiger partial charge in [0.25, 0.3) is 0 Å². The minimum Gasteiger partial charge on any atom is -0.456 e. The molecule has 5 aromatic carbocycles. The van der Waals surface area contributed by atoms with Crippen molar-refractivity contribution in [1.29, 1.82) is 0 Å². The molecule has 12 nitrogen and oxygen atoms in total. The van der Waals surface area contributed by atoms with E-state index in [9.17, 15) is 0 Å². The van der Waals surface area contributed by atoms with Gasteiger partial charge in [-0.05, 0) is 30.3 Å². The van der Waals surface area contributed by atoms with Gasteiger partial charge in [0.15, 0.2) is 23.3 Å². The topological polar surface area (TPSA) is 118 Å². The fourth-order valence-electron chi connectivity index (χ4n) is 8.66. The zero-order valence-corrected chi connectivity index (χ0v) is 48.8. The molecule has 2 aliphatic rings. The Kier molecular flexibility index (Phi) is 15.2. The number of quaternary nitrogens is 3. The summed E-state index contributed by atoms with van der Waals surface area (Å²) < 4.78 is 9.46. The van der Waals surface area contributed by atoms with Crippen molar-refractivity contribution in [3.63, 3.8) is 0 Å². The third-order valence-electron chi connectivity index (χ3n) is 11.0. The second-order valence-electron chi connectivity index (χ2n) is 19.6. The second kappa shape index (κ2) is 19.5. The van der Waals surface area contributed by atoms with Crippen LogP contribution in [0.3, 0.4) is 0 Å². The zero-order chi connectivity index (χ0) is 43.1. The molecule has 5 heterocycles. The summed E-state index contributed by atoms with van der Waals surface area (Å²) in [6.45, 7) is 2.51. The van der Waals surface area contributed by atoms with Crippen molar-refractivity contribution >= 4 is 116 Å². The van der Waals surface area contributed by atoms with Crippen LogP contribution >= 0.6 is 71.9 Å². The molecule has 66 heavy (non-hydrogen) atoms. The molecule has 0 amide bonds. The number of hydrogen-bond acceptors (Lipinski definition) is 7. The smallest absolute Gasteiger partial charge is 0.456 e. The van der Waals surface area contributed by atoms with Crippen LogP contribution in [0.4, 0.5) is 0 Å². The summed E-state index contributed by atoms with van der Waals surface area (Å²) in [5, 5.41) is 3.77. The first-order valence-corrected chi connectivity index (χ1v) is 21.0. The molecule has 8 bridgehead atoms. The van der Waals surface area contributed by atoms with Gasteiger partial charge in [-0.3, -0.25) is 0 Å². The van der Waals surface area contributed by atoms with Gasteiger partial charge in [-0.25, -0.2) is 29.9 Å². The normalized spacial score (nSPS) is 12.0. The molecule has 0 fully saturated rings. The maximum absolute atomic E-state index is 7.12. The number of H-pyrrole nitrogens is 2. The van der Waals surface area contributed by atoms with Gasteiger partial charge in [-0.1, -0.05) is 72.8 Å². The Labute approximate surface area is 449 Å². The van der Waals surface area contributed by atoms with Gasteiger partial charge in [0, 0.05) is 60.5 Å². The Hall–Kier alpha value is -4.05. The molecule has 0 radical (unpaired) electrons.